The van der Waals surface area contributed by atoms with Gasteiger partial charge < -0.3 is 9.47 Å². The minimum absolute atomic E-state index is 0.0518. The van der Waals surface area contributed by atoms with Gasteiger partial charge in [-0.2, -0.15) is 0 Å². The Morgan fingerprint density at radius 3 is 2.93 bits per heavy atom. The predicted molar refractivity (Wildman–Crippen MR) is 105 cm³/mol. The zero-order valence-corrected chi connectivity index (χ0v) is 16.5. The number of pyridine rings is 1. The number of piperidine rings is 1. The third-order valence-corrected chi connectivity index (χ3v) is 6.74. The number of ether oxygens (including phenoxy) is 2. The molecule has 4 nitrogen and oxygen atoms in total. The Morgan fingerprint density at radius 1 is 1.25 bits per heavy atom. The molecule has 148 valence electrons. The number of fused-ring (bicyclic) bond motifs is 4. The Hall–Kier alpha value is -1.69. The van der Waals surface area contributed by atoms with Gasteiger partial charge in [0.2, 0.25) is 0 Å². The van der Waals surface area contributed by atoms with E-state index in [4.69, 9.17) is 21.1 Å². The standard InChI is InChI=1S/C22H24ClFN2O2/c23-15-5-6-20-16(13-15)21-17(3-2-12-27-21)22(28-20)7-10-26(11-8-22)14-19-18(24)4-1-9-25-19/h1,4-6,9,13,17,21H,2-3,7-8,10-12,14H2/t17-,21+/m0/s1. The first kappa shape index (κ1) is 18.3. The molecule has 3 aliphatic rings. The van der Waals surface area contributed by atoms with Crippen molar-refractivity contribution in [3.8, 4) is 5.75 Å². The molecule has 1 aromatic heterocycles. The molecule has 0 bridgehead atoms. The summed E-state index contributed by atoms with van der Waals surface area (Å²) in [5.74, 6) is 1.00. The summed E-state index contributed by atoms with van der Waals surface area (Å²) in [7, 11) is 0. The smallest absolute Gasteiger partial charge is 0.146 e. The summed E-state index contributed by atoms with van der Waals surface area (Å²) in [6.07, 6.45) is 5.69. The molecule has 0 unspecified atom stereocenters. The van der Waals surface area contributed by atoms with Crippen LogP contribution in [0.3, 0.4) is 0 Å². The Balaban J connectivity index is 1.37. The van der Waals surface area contributed by atoms with Crippen molar-refractivity contribution in [2.45, 2.75) is 43.9 Å². The van der Waals surface area contributed by atoms with Crippen LogP contribution in [0.2, 0.25) is 5.02 Å². The van der Waals surface area contributed by atoms with E-state index in [0.717, 1.165) is 61.7 Å². The average molecular weight is 403 g/mol. The molecule has 1 spiro atoms. The minimum Gasteiger partial charge on any atom is -0.486 e. The number of rotatable bonds is 2. The average Bonchev–Trinajstić information content (AvgIpc) is 2.72. The first-order chi connectivity index (χ1) is 13.6. The van der Waals surface area contributed by atoms with Crippen LogP contribution in [0, 0.1) is 11.7 Å². The van der Waals surface area contributed by atoms with Crippen LogP contribution >= 0.6 is 11.6 Å². The summed E-state index contributed by atoms with van der Waals surface area (Å²) in [6.45, 7) is 3.05. The van der Waals surface area contributed by atoms with Crippen molar-refractivity contribution < 1.29 is 13.9 Å². The number of hydrogen-bond donors (Lipinski definition) is 0. The fourth-order valence-electron chi connectivity index (χ4n) is 5.06. The van der Waals surface area contributed by atoms with Gasteiger partial charge in [-0.1, -0.05) is 11.6 Å². The number of aromatic nitrogens is 1. The van der Waals surface area contributed by atoms with Crippen molar-refractivity contribution in [3.05, 3.63) is 58.6 Å². The van der Waals surface area contributed by atoms with Crippen LogP contribution in [0.25, 0.3) is 0 Å². The van der Waals surface area contributed by atoms with Gasteiger partial charge in [-0.05, 0) is 43.2 Å². The molecule has 0 amide bonds. The molecule has 5 rings (SSSR count). The molecule has 0 N–H and O–H groups in total. The zero-order chi connectivity index (χ0) is 19.1. The summed E-state index contributed by atoms with van der Waals surface area (Å²) < 4.78 is 26.8. The molecule has 2 fully saturated rings. The maximum atomic E-state index is 14.0. The fraction of sp³-hybridized carbons (Fsp3) is 0.500. The second-order valence-corrected chi connectivity index (χ2v) is 8.53. The molecule has 6 heteroatoms. The normalized spacial score (nSPS) is 26.4. The Labute approximate surface area is 169 Å². The van der Waals surface area contributed by atoms with E-state index in [-0.39, 0.29) is 17.5 Å². The van der Waals surface area contributed by atoms with Crippen LogP contribution in [0.4, 0.5) is 4.39 Å². The zero-order valence-electron chi connectivity index (χ0n) is 15.7. The van der Waals surface area contributed by atoms with E-state index in [0.29, 0.717) is 18.2 Å². The van der Waals surface area contributed by atoms with E-state index in [1.165, 1.54) is 6.07 Å². The monoisotopic (exact) mass is 402 g/mol. The molecule has 4 heterocycles. The number of halogens is 2. The van der Waals surface area contributed by atoms with Gasteiger partial charge in [0.25, 0.3) is 0 Å². The van der Waals surface area contributed by atoms with Gasteiger partial charge in [-0.3, -0.25) is 9.88 Å². The van der Waals surface area contributed by atoms with E-state index < -0.39 is 0 Å². The highest BCUT2D eigenvalue weighted by Gasteiger charge is 2.52. The lowest BCUT2D eigenvalue weighted by Gasteiger charge is -2.53. The van der Waals surface area contributed by atoms with Gasteiger partial charge in [0, 0.05) is 61.8 Å². The van der Waals surface area contributed by atoms with E-state index in [2.05, 4.69) is 9.88 Å². The van der Waals surface area contributed by atoms with Crippen LogP contribution in [-0.2, 0) is 11.3 Å². The Kier molecular flexibility index (Phi) is 4.77. The van der Waals surface area contributed by atoms with Crippen molar-refractivity contribution in [2.24, 2.45) is 5.92 Å². The lowest BCUT2D eigenvalue weighted by molar-refractivity contribution is -0.150. The van der Waals surface area contributed by atoms with Crippen LogP contribution in [0.15, 0.2) is 36.5 Å². The van der Waals surface area contributed by atoms with Gasteiger partial charge in [0.05, 0.1) is 11.8 Å². The van der Waals surface area contributed by atoms with Crippen molar-refractivity contribution in [3.63, 3.8) is 0 Å². The first-order valence-corrected chi connectivity index (χ1v) is 10.4. The third kappa shape index (κ3) is 3.19. The molecule has 1 aromatic carbocycles. The molecule has 0 aliphatic carbocycles. The summed E-state index contributed by atoms with van der Waals surface area (Å²) in [5.41, 5.74) is 1.38. The number of hydrogen-bond acceptors (Lipinski definition) is 4. The largest absolute Gasteiger partial charge is 0.486 e. The highest BCUT2D eigenvalue weighted by atomic mass is 35.5. The molecule has 28 heavy (non-hydrogen) atoms. The van der Waals surface area contributed by atoms with Crippen LogP contribution < -0.4 is 4.74 Å². The van der Waals surface area contributed by atoms with E-state index in [9.17, 15) is 4.39 Å². The Morgan fingerprint density at radius 2 is 2.11 bits per heavy atom. The SMILES string of the molecule is Fc1cccnc1CN1CCC2(CC1)Oc1ccc(Cl)cc1[C@H]1OCCC[C@@H]12. The Bertz CT molecular complexity index is 869. The summed E-state index contributed by atoms with van der Waals surface area (Å²) in [5, 5.41) is 0.721. The molecule has 2 saturated heterocycles. The van der Waals surface area contributed by atoms with Gasteiger partial charge in [-0.25, -0.2) is 4.39 Å². The number of likely N-dealkylation sites (tertiary alicyclic amines) is 1. The highest BCUT2D eigenvalue weighted by molar-refractivity contribution is 6.30. The van der Waals surface area contributed by atoms with Crippen LogP contribution in [0.5, 0.6) is 5.75 Å². The van der Waals surface area contributed by atoms with E-state index in [1.54, 1.807) is 12.3 Å². The lowest BCUT2D eigenvalue weighted by atomic mass is 9.70. The van der Waals surface area contributed by atoms with E-state index in [1.807, 2.05) is 18.2 Å². The molecule has 2 aromatic rings. The van der Waals surface area contributed by atoms with Crippen molar-refractivity contribution in [2.75, 3.05) is 19.7 Å². The number of nitrogens with zero attached hydrogens (tertiary/aromatic N) is 2. The van der Waals surface area contributed by atoms with Crippen LogP contribution in [0.1, 0.15) is 43.0 Å². The third-order valence-electron chi connectivity index (χ3n) is 6.50. The number of benzene rings is 1. The fourth-order valence-corrected chi connectivity index (χ4v) is 5.25. The second kappa shape index (κ2) is 7.29. The van der Waals surface area contributed by atoms with Gasteiger partial charge >= 0.3 is 0 Å². The van der Waals surface area contributed by atoms with Crippen molar-refractivity contribution in [1.82, 2.24) is 9.88 Å². The maximum Gasteiger partial charge on any atom is 0.146 e. The maximum absolute atomic E-state index is 14.0. The van der Waals surface area contributed by atoms with Gasteiger partial charge in [0.1, 0.15) is 17.2 Å². The quantitative estimate of drug-likeness (QED) is 0.724. The molecular weight excluding hydrogens is 379 g/mol. The topological polar surface area (TPSA) is 34.6 Å². The minimum atomic E-state index is -0.233. The van der Waals surface area contributed by atoms with Gasteiger partial charge in [0.15, 0.2) is 0 Å². The van der Waals surface area contributed by atoms with Gasteiger partial charge in [-0.15, -0.1) is 0 Å². The molecule has 2 atom stereocenters. The molecule has 0 saturated carbocycles. The molecular formula is C22H24ClFN2O2. The predicted octanol–water partition coefficient (Wildman–Crippen LogP) is 4.77. The first-order valence-electron chi connectivity index (χ1n) is 10.1. The van der Waals surface area contributed by atoms with E-state index >= 15 is 0 Å². The van der Waals surface area contributed by atoms with Crippen LogP contribution in [-0.4, -0.2) is 35.2 Å². The summed E-state index contributed by atoms with van der Waals surface area (Å²) in [4.78, 5) is 6.47. The lowest BCUT2D eigenvalue weighted by Crippen LogP contribution is -2.57. The highest BCUT2D eigenvalue weighted by Crippen LogP contribution is 2.53. The molecule has 0 radical (unpaired) electrons. The summed E-state index contributed by atoms with van der Waals surface area (Å²) >= 11 is 6.24. The van der Waals surface area contributed by atoms with Crippen molar-refractivity contribution in [1.29, 1.82) is 0 Å². The van der Waals surface area contributed by atoms with Crippen molar-refractivity contribution >= 4 is 11.6 Å². The summed E-state index contributed by atoms with van der Waals surface area (Å²) in [6, 6.07) is 8.96. The molecule has 3 aliphatic heterocycles. The second-order valence-electron chi connectivity index (χ2n) is 8.10.